The lowest BCUT2D eigenvalue weighted by atomic mass is 9.52. The minimum atomic E-state index is -0.943. The van der Waals surface area contributed by atoms with Crippen molar-refractivity contribution in [1.29, 1.82) is 0 Å². The van der Waals surface area contributed by atoms with E-state index in [-0.39, 0.29) is 17.4 Å². The lowest BCUT2D eigenvalue weighted by molar-refractivity contribution is -0.159. The Morgan fingerprint density at radius 2 is 2.03 bits per heavy atom. The smallest absolute Gasteiger partial charge is 0.322 e. The number of amides is 3. The van der Waals surface area contributed by atoms with Gasteiger partial charge in [-0.3, -0.25) is 15.0 Å². The zero-order valence-corrected chi connectivity index (χ0v) is 18.5. The van der Waals surface area contributed by atoms with Crippen molar-refractivity contribution in [3.63, 3.8) is 0 Å². The molecule has 2 saturated carbocycles. The zero-order chi connectivity index (χ0) is 21.8. The number of rotatable bonds is 4. The van der Waals surface area contributed by atoms with Crippen molar-refractivity contribution in [2.45, 2.75) is 74.0 Å². The van der Waals surface area contributed by atoms with E-state index in [1.165, 1.54) is 5.56 Å². The summed E-state index contributed by atoms with van der Waals surface area (Å²) >= 11 is 0. The van der Waals surface area contributed by atoms with Crippen LogP contribution in [0, 0.1) is 5.92 Å². The van der Waals surface area contributed by atoms with Crippen LogP contribution in [0.3, 0.4) is 0 Å². The van der Waals surface area contributed by atoms with Crippen molar-refractivity contribution in [2.24, 2.45) is 5.92 Å². The summed E-state index contributed by atoms with van der Waals surface area (Å²) < 4.78 is 5.53. The Hall–Kier alpha value is -2.12. The van der Waals surface area contributed by atoms with Gasteiger partial charge in [-0.2, -0.15) is 0 Å². The quantitative estimate of drug-likeness (QED) is 0.640. The van der Waals surface area contributed by atoms with Crippen molar-refractivity contribution in [3.05, 3.63) is 29.3 Å². The summed E-state index contributed by atoms with van der Waals surface area (Å²) in [5.74, 6) is 1.13. The number of fused-ring (bicyclic) bond motifs is 2. The van der Waals surface area contributed by atoms with E-state index in [0.717, 1.165) is 37.2 Å². The summed E-state index contributed by atoms with van der Waals surface area (Å²) in [5.41, 5.74) is -0.103. The number of benzene rings is 1. The van der Waals surface area contributed by atoms with Crippen LogP contribution in [0.5, 0.6) is 5.75 Å². The van der Waals surface area contributed by atoms with Gasteiger partial charge in [-0.1, -0.05) is 19.9 Å². The van der Waals surface area contributed by atoms with Gasteiger partial charge in [-0.05, 0) is 67.8 Å². The number of nitrogens with zero attached hydrogens (tertiary/aromatic N) is 1. The molecule has 7 nitrogen and oxygen atoms in total. The fourth-order valence-electron chi connectivity index (χ4n) is 7.93. The lowest BCUT2D eigenvalue weighted by Crippen LogP contribution is -2.76. The first-order chi connectivity index (χ1) is 14.7. The molecule has 2 bridgehead atoms. The fourth-order valence-corrected chi connectivity index (χ4v) is 7.93. The second kappa shape index (κ2) is 5.81. The van der Waals surface area contributed by atoms with Gasteiger partial charge in [0.25, 0.3) is 5.91 Å². The number of nitrogens with one attached hydrogen (secondary N) is 2. The van der Waals surface area contributed by atoms with E-state index in [9.17, 15) is 14.7 Å². The van der Waals surface area contributed by atoms with E-state index in [0.29, 0.717) is 25.2 Å². The minimum Gasteiger partial charge on any atom is -0.497 e. The highest BCUT2D eigenvalue weighted by Gasteiger charge is 2.82. The number of hydrogen-bond donors (Lipinski definition) is 3. The van der Waals surface area contributed by atoms with Gasteiger partial charge >= 0.3 is 6.03 Å². The Morgan fingerprint density at radius 1 is 1.23 bits per heavy atom. The van der Waals surface area contributed by atoms with Gasteiger partial charge in [0.2, 0.25) is 0 Å². The van der Waals surface area contributed by atoms with Gasteiger partial charge in [0, 0.05) is 17.4 Å². The zero-order valence-electron chi connectivity index (χ0n) is 18.5. The molecule has 4 fully saturated rings. The van der Waals surface area contributed by atoms with Crippen LogP contribution in [-0.2, 0) is 15.6 Å². The molecule has 1 aromatic carbocycles. The molecular formula is C24H31N3O4. The summed E-state index contributed by atoms with van der Waals surface area (Å²) in [6.07, 6.45) is 3.33. The van der Waals surface area contributed by atoms with Crippen LogP contribution in [0.4, 0.5) is 4.79 Å². The Labute approximate surface area is 182 Å². The number of carbonyl (C=O) groups excluding carboxylic acids is 2. The lowest BCUT2D eigenvalue weighted by Gasteiger charge is -2.63. The molecule has 5 aliphatic rings. The van der Waals surface area contributed by atoms with Gasteiger partial charge in [0.05, 0.1) is 18.8 Å². The average molecular weight is 426 g/mol. The molecule has 3 amide bonds. The number of hydrogen-bond acceptors (Lipinski definition) is 5. The van der Waals surface area contributed by atoms with Crippen molar-refractivity contribution in [2.75, 3.05) is 20.2 Å². The Balaban J connectivity index is 1.48. The van der Waals surface area contributed by atoms with E-state index in [1.54, 1.807) is 7.11 Å². The van der Waals surface area contributed by atoms with E-state index in [4.69, 9.17) is 4.74 Å². The largest absolute Gasteiger partial charge is 0.497 e. The summed E-state index contributed by atoms with van der Waals surface area (Å²) in [4.78, 5) is 27.4. The summed E-state index contributed by atoms with van der Waals surface area (Å²) in [7, 11) is 1.66. The predicted molar refractivity (Wildman–Crippen MR) is 114 cm³/mol. The molecule has 0 radical (unpaired) electrons. The number of urea groups is 1. The summed E-state index contributed by atoms with van der Waals surface area (Å²) in [5, 5.41) is 17.8. The number of carbonyl (C=O) groups is 2. The van der Waals surface area contributed by atoms with Gasteiger partial charge < -0.3 is 15.2 Å². The van der Waals surface area contributed by atoms with Crippen LogP contribution < -0.4 is 15.4 Å². The van der Waals surface area contributed by atoms with Gasteiger partial charge in [0.15, 0.2) is 0 Å². The van der Waals surface area contributed by atoms with E-state index < -0.39 is 22.6 Å². The Kier molecular flexibility index (Phi) is 3.67. The van der Waals surface area contributed by atoms with Crippen LogP contribution >= 0.6 is 0 Å². The molecule has 2 aliphatic heterocycles. The third-order valence-corrected chi connectivity index (χ3v) is 9.10. The molecule has 6 rings (SSSR count). The summed E-state index contributed by atoms with van der Waals surface area (Å²) in [6, 6.07) is 5.89. The highest BCUT2D eigenvalue weighted by Crippen LogP contribution is 2.75. The van der Waals surface area contributed by atoms with Crippen LogP contribution in [-0.4, -0.2) is 59.3 Å². The third-order valence-electron chi connectivity index (χ3n) is 9.10. The fraction of sp³-hybridized carbons (Fsp3) is 0.667. The minimum absolute atomic E-state index is 0.0668. The molecule has 166 valence electrons. The molecule has 5 atom stereocenters. The van der Waals surface area contributed by atoms with E-state index >= 15 is 0 Å². The monoisotopic (exact) mass is 425 g/mol. The molecule has 2 heterocycles. The molecule has 1 unspecified atom stereocenters. The first-order valence-corrected chi connectivity index (χ1v) is 11.5. The maximum Gasteiger partial charge on any atom is 0.322 e. The Bertz CT molecular complexity index is 1010. The highest BCUT2D eigenvalue weighted by atomic mass is 16.5. The van der Waals surface area contributed by atoms with Crippen molar-refractivity contribution < 1.29 is 19.4 Å². The highest BCUT2D eigenvalue weighted by molar-refractivity contribution is 6.07. The number of ether oxygens (including phenoxy) is 1. The van der Waals surface area contributed by atoms with E-state index in [1.807, 2.05) is 6.07 Å². The second-order valence-electron chi connectivity index (χ2n) is 11.0. The molecule has 3 spiro atoms. The molecule has 7 heteroatoms. The van der Waals surface area contributed by atoms with Gasteiger partial charge in [-0.15, -0.1) is 0 Å². The average Bonchev–Trinajstić information content (AvgIpc) is 3.21. The van der Waals surface area contributed by atoms with Crippen LogP contribution in [0.1, 0.15) is 57.1 Å². The number of methoxy groups -OCH3 is 1. The standard InChI is InChI=1S/C24H31N3O4/c1-14(2)6-9-27-13-21-11-22(17-10-15(31-3)4-5-16(17)21)12-23(19(28)25-20(29)26-23)7-8-24(22,30)18(21)27/h4-5,10,14,18,30H,6-9,11-13H2,1-3H3,(H2,25,26,28,29)/t18-,21?,22-,23+,24-/m1/s1. The predicted octanol–water partition coefficient (Wildman–Crippen LogP) is 1.81. The maximum atomic E-state index is 12.9. The molecule has 31 heavy (non-hydrogen) atoms. The van der Waals surface area contributed by atoms with Crippen molar-refractivity contribution in [1.82, 2.24) is 15.5 Å². The number of likely N-dealkylation sites (tertiary alicyclic amines) is 1. The maximum absolute atomic E-state index is 12.9. The van der Waals surface area contributed by atoms with Gasteiger partial charge in [-0.25, -0.2) is 4.79 Å². The molecule has 2 saturated heterocycles. The molecular weight excluding hydrogens is 394 g/mol. The molecule has 1 aromatic rings. The van der Waals surface area contributed by atoms with Crippen LogP contribution in [0.15, 0.2) is 18.2 Å². The third kappa shape index (κ3) is 2.12. The van der Waals surface area contributed by atoms with Crippen molar-refractivity contribution in [3.8, 4) is 5.75 Å². The second-order valence-corrected chi connectivity index (χ2v) is 11.0. The van der Waals surface area contributed by atoms with Crippen molar-refractivity contribution >= 4 is 11.9 Å². The van der Waals surface area contributed by atoms with Crippen LogP contribution in [0.25, 0.3) is 0 Å². The summed E-state index contributed by atoms with van der Waals surface area (Å²) in [6.45, 7) is 6.40. The topological polar surface area (TPSA) is 90.9 Å². The molecule has 3 aliphatic carbocycles. The molecule has 3 N–H and O–H groups in total. The number of imide groups is 1. The van der Waals surface area contributed by atoms with E-state index in [2.05, 4.69) is 41.5 Å². The normalized spacial score (nSPS) is 42.2. The molecule has 0 aromatic heterocycles. The SMILES string of the molecule is COc1ccc2c(c1)[C@]13CC24CN(CCC(C)C)[C@H]4[C@]1(O)CC[C@@]1(C3)NC(=O)NC1=O. The Morgan fingerprint density at radius 3 is 2.71 bits per heavy atom. The van der Waals surface area contributed by atoms with Crippen LogP contribution in [0.2, 0.25) is 0 Å². The first-order valence-electron chi connectivity index (χ1n) is 11.5. The first kappa shape index (κ1) is 19.6. The van der Waals surface area contributed by atoms with Gasteiger partial charge in [0.1, 0.15) is 11.3 Å². The number of aliphatic hydroxyl groups is 1.